The number of benzene rings is 2. The van der Waals surface area contributed by atoms with E-state index in [1.807, 2.05) is 0 Å². The van der Waals surface area contributed by atoms with Crippen molar-refractivity contribution in [3.63, 3.8) is 0 Å². The molecule has 1 N–H and O–H groups in total. The third kappa shape index (κ3) is 2.90. The van der Waals surface area contributed by atoms with Crippen LogP contribution in [0.1, 0.15) is 17.2 Å². The predicted molar refractivity (Wildman–Crippen MR) is 95.0 cm³/mol. The van der Waals surface area contributed by atoms with Crippen LogP contribution in [-0.4, -0.2) is 20.8 Å². The smallest absolute Gasteiger partial charge is 0.281 e. The summed E-state index contributed by atoms with van der Waals surface area (Å²) in [6.07, 6.45) is -1.18. The largest absolute Gasteiger partial charge is 0.458 e. The van der Waals surface area contributed by atoms with E-state index in [0.717, 1.165) is 12.1 Å². The van der Waals surface area contributed by atoms with Crippen molar-refractivity contribution >= 4 is 5.69 Å². The second kappa shape index (κ2) is 6.39. The van der Waals surface area contributed by atoms with E-state index in [4.69, 9.17) is 11.3 Å². The van der Waals surface area contributed by atoms with Crippen LogP contribution in [-0.2, 0) is 13.5 Å². The SMILES string of the molecule is [C-]#[N+]c1cc(F)cc(Oc2ccc(-c3ccnn3C)c3c2CC(F)(F)[C@@H]3O)c1. The lowest BCUT2D eigenvalue weighted by Crippen LogP contribution is -2.21. The summed E-state index contributed by atoms with van der Waals surface area (Å²) in [7, 11) is 1.67. The van der Waals surface area contributed by atoms with Crippen LogP contribution >= 0.6 is 0 Å². The normalized spacial score (nSPS) is 17.2. The molecule has 0 saturated carbocycles. The van der Waals surface area contributed by atoms with Crippen molar-refractivity contribution < 1.29 is 23.0 Å². The van der Waals surface area contributed by atoms with Gasteiger partial charge >= 0.3 is 0 Å². The van der Waals surface area contributed by atoms with Crippen molar-refractivity contribution in [2.75, 3.05) is 0 Å². The quantitative estimate of drug-likeness (QED) is 0.660. The van der Waals surface area contributed by atoms with Crippen LogP contribution in [0.5, 0.6) is 11.5 Å². The van der Waals surface area contributed by atoms with Crippen LogP contribution in [0.25, 0.3) is 16.1 Å². The fourth-order valence-electron chi connectivity index (χ4n) is 3.44. The fraction of sp³-hybridized carbons (Fsp3) is 0.200. The number of aliphatic hydroxyl groups is 1. The van der Waals surface area contributed by atoms with E-state index < -0.39 is 24.3 Å². The molecule has 1 aliphatic rings. The van der Waals surface area contributed by atoms with Gasteiger partial charge in [-0.1, -0.05) is 0 Å². The highest BCUT2D eigenvalue weighted by molar-refractivity contribution is 5.70. The zero-order valence-electron chi connectivity index (χ0n) is 14.7. The lowest BCUT2D eigenvalue weighted by molar-refractivity contribution is -0.0967. The molecule has 0 unspecified atom stereocenters. The molecule has 0 radical (unpaired) electrons. The van der Waals surface area contributed by atoms with Crippen molar-refractivity contribution in [3.8, 4) is 22.8 Å². The zero-order chi connectivity index (χ0) is 20.1. The number of alkyl halides is 2. The van der Waals surface area contributed by atoms with Crippen molar-refractivity contribution in [3.05, 3.63) is 71.0 Å². The van der Waals surface area contributed by atoms with Crippen LogP contribution < -0.4 is 4.74 Å². The van der Waals surface area contributed by atoms with Crippen LogP contribution in [0, 0.1) is 12.4 Å². The lowest BCUT2D eigenvalue weighted by atomic mass is 9.98. The molecule has 4 rings (SSSR count). The summed E-state index contributed by atoms with van der Waals surface area (Å²) >= 11 is 0. The third-order valence-electron chi connectivity index (χ3n) is 4.71. The van der Waals surface area contributed by atoms with E-state index >= 15 is 0 Å². The Labute approximate surface area is 158 Å². The second-order valence-electron chi connectivity index (χ2n) is 6.54. The highest BCUT2D eigenvalue weighted by atomic mass is 19.3. The Bertz CT molecular complexity index is 1120. The summed E-state index contributed by atoms with van der Waals surface area (Å²) in [6.45, 7) is 7.01. The van der Waals surface area contributed by atoms with Gasteiger partial charge in [-0.05, 0) is 30.3 Å². The Hall–Kier alpha value is -3.31. The Morgan fingerprint density at radius 2 is 2.07 bits per heavy atom. The summed E-state index contributed by atoms with van der Waals surface area (Å²) in [6, 6.07) is 8.16. The number of nitrogens with zero attached hydrogens (tertiary/aromatic N) is 3. The molecule has 0 spiro atoms. The third-order valence-corrected chi connectivity index (χ3v) is 4.71. The monoisotopic (exact) mass is 385 g/mol. The van der Waals surface area contributed by atoms with Gasteiger partial charge in [0.25, 0.3) is 5.92 Å². The molecule has 28 heavy (non-hydrogen) atoms. The molecule has 1 aromatic heterocycles. The molecule has 0 amide bonds. The van der Waals surface area contributed by atoms with Gasteiger partial charge in [0.1, 0.15) is 23.4 Å². The number of fused-ring (bicyclic) bond motifs is 1. The van der Waals surface area contributed by atoms with Gasteiger partial charge in [0.15, 0.2) is 5.69 Å². The number of rotatable bonds is 3. The minimum absolute atomic E-state index is 0.0196. The molecule has 0 aliphatic heterocycles. The number of halogens is 3. The first-order valence-electron chi connectivity index (χ1n) is 8.36. The molecule has 1 atom stereocenters. The minimum Gasteiger partial charge on any atom is -0.458 e. The van der Waals surface area contributed by atoms with Gasteiger partial charge in [-0.2, -0.15) is 5.10 Å². The van der Waals surface area contributed by atoms with Crippen LogP contribution in [0.15, 0.2) is 42.6 Å². The maximum absolute atomic E-state index is 14.3. The molecule has 5 nitrogen and oxygen atoms in total. The van der Waals surface area contributed by atoms with Crippen molar-refractivity contribution in [1.82, 2.24) is 9.78 Å². The Kier molecular flexibility index (Phi) is 4.12. The maximum atomic E-state index is 14.3. The summed E-state index contributed by atoms with van der Waals surface area (Å²) in [5.74, 6) is -3.93. The average molecular weight is 385 g/mol. The number of ether oxygens (including phenoxy) is 1. The lowest BCUT2D eigenvalue weighted by Gasteiger charge is -2.17. The van der Waals surface area contributed by atoms with E-state index in [9.17, 15) is 18.3 Å². The molecule has 0 bridgehead atoms. The van der Waals surface area contributed by atoms with Crippen molar-refractivity contribution in [2.24, 2.45) is 7.05 Å². The molecule has 8 heteroatoms. The van der Waals surface area contributed by atoms with Gasteiger partial charge in [-0.25, -0.2) is 18.0 Å². The number of aromatic nitrogens is 2. The Morgan fingerprint density at radius 3 is 2.75 bits per heavy atom. The molecule has 1 aliphatic carbocycles. The van der Waals surface area contributed by atoms with Gasteiger partial charge < -0.3 is 9.84 Å². The number of aliphatic hydroxyl groups excluding tert-OH is 1. The first-order chi connectivity index (χ1) is 13.3. The molecule has 0 fully saturated rings. The van der Waals surface area contributed by atoms with E-state index in [-0.39, 0.29) is 28.3 Å². The average Bonchev–Trinajstić information content (AvgIpc) is 3.16. The molecule has 142 valence electrons. The number of hydrogen-bond acceptors (Lipinski definition) is 3. The van der Waals surface area contributed by atoms with Crippen LogP contribution in [0.4, 0.5) is 18.9 Å². The van der Waals surface area contributed by atoms with Gasteiger partial charge in [0, 0.05) is 42.4 Å². The van der Waals surface area contributed by atoms with Crippen LogP contribution in [0.2, 0.25) is 0 Å². The topological polar surface area (TPSA) is 51.6 Å². The van der Waals surface area contributed by atoms with Gasteiger partial charge in [0.05, 0.1) is 12.3 Å². The van der Waals surface area contributed by atoms with E-state index in [1.165, 1.54) is 23.0 Å². The Morgan fingerprint density at radius 1 is 1.29 bits per heavy atom. The first kappa shape index (κ1) is 18.1. The molecular formula is C20H14F3N3O2. The summed E-state index contributed by atoms with van der Waals surface area (Å²) in [5, 5.41) is 14.3. The predicted octanol–water partition coefficient (Wildman–Crippen LogP) is 4.79. The molecule has 0 saturated heterocycles. The first-order valence-corrected chi connectivity index (χ1v) is 8.36. The summed E-state index contributed by atoms with van der Waals surface area (Å²) < 4.78 is 49.5. The van der Waals surface area contributed by atoms with E-state index in [2.05, 4.69) is 9.94 Å². The van der Waals surface area contributed by atoms with Crippen LogP contribution in [0.3, 0.4) is 0 Å². The van der Waals surface area contributed by atoms with E-state index in [1.54, 1.807) is 19.2 Å². The Balaban J connectivity index is 1.85. The highest BCUT2D eigenvalue weighted by Crippen LogP contribution is 2.50. The number of aryl methyl sites for hydroxylation is 1. The fourth-order valence-corrected chi connectivity index (χ4v) is 3.44. The minimum atomic E-state index is -3.36. The second-order valence-corrected chi connectivity index (χ2v) is 6.54. The standard InChI is InChI=1S/C20H14F3N3O2/c1-24-12-7-11(21)8-13(9-12)28-17-4-3-14(16-5-6-25-26(16)2)18-15(17)10-20(22,23)19(18)27/h3-9,19,27H,10H2,2H3/t19-/m1/s1. The van der Waals surface area contributed by atoms with Gasteiger partial charge in [0.2, 0.25) is 0 Å². The molecule has 1 heterocycles. The van der Waals surface area contributed by atoms with Gasteiger partial charge in [-0.15, -0.1) is 0 Å². The number of hydrogen-bond donors (Lipinski definition) is 1. The molecule has 2 aromatic carbocycles. The molecular weight excluding hydrogens is 371 g/mol. The van der Waals surface area contributed by atoms with Gasteiger partial charge in [-0.3, -0.25) is 4.68 Å². The summed E-state index contributed by atoms with van der Waals surface area (Å²) in [4.78, 5) is 3.16. The van der Waals surface area contributed by atoms with E-state index in [0.29, 0.717) is 11.3 Å². The molecule has 3 aromatic rings. The van der Waals surface area contributed by atoms with Crippen molar-refractivity contribution in [2.45, 2.75) is 18.4 Å². The summed E-state index contributed by atoms with van der Waals surface area (Å²) in [5.41, 5.74) is 1.23. The highest BCUT2D eigenvalue weighted by Gasteiger charge is 2.49. The zero-order valence-corrected chi connectivity index (χ0v) is 14.7. The maximum Gasteiger partial charge on any atom is 0.281 e. The van der Waals surface area contributed by atoms with Crippen molar-refractivity contribution in [1.29, 1.82) is 0 Å².